The number of hydrogen-bond donors (Lipinski definition) is 1. The first-order valence-corrected chi connectivity index (χ1v) is 8.13. The fourth-order valence-electron chi connectivity index (χ4n) is 2.33. The molecule has 132 valence electrons. The second-order valence-electron chi connectivity index (χ2n) is 5.21. The largest absolute Gasteiger partial charge is 0.495 e. The molecule has 1 N–H and O–H groups in total. The summed E-state index contributed by atoms with van der Waals surface area (Å²) in [5.41, 5.74) is 0.872. The highest BCUT2D eigenvalue weighted by molar-refractivity contribution is 6.33. The van der Waals surface area contributed by atoms with Gasteiger partial charge < -0.3 is 19.5 Å². The number of carbonyl (C=O) groups is 1. The molecule has 0 aliphatic carbocycles. The Morgan fingerprint density at radius 2 is 2.08 bits per heavy atom. The number of hydrogen-bond acceptors (Lipinski definition) is 5. The molecule has 0 radical (unpaired) electrons. The molecule has 2 aromatic rings. The number of ether oxygens (including phenoxy) is 3. The van der Waals surface area contributed by atoms with Gasteiger partial charge in [0, 0.05) is 5.69 Å². The van der Waals surface area contributed by atoms with Crippen LogP contribution < -0.4 is 19.5 Å². The van der Waals surface area contributed by atoms with Gasteiger partial charge in [-0.05, 0) is 42.0 Å². The van der Waals surface area contributed by atoms with Crippen LogP contribution in [0.2, 0.25) is 10.0 Å². The minimum atomic E-state index is -0.581. The highest BCUT2D eigenvalue weighted by Crippen LogP contribution is 2.40. The zero-order valence-corrected chi connectivity index (χ0v) is 15.0. The summed E-state index contributed by atoms with van der Waals surface area (Å²) >= 11 is 12.1. The molecule has 26 heavy (non-hydrogen) atoms. The van der Waals surface area contributed by atoms with E-state index in [1.807, 2.05) is 6.07 Å². The van der Waals surface area contributed by atoms with Crippen molar-refractivity contribution in [3.8, 4) is 23.3 Å². The predicted molar refractivity (Wildman–Crippen MR) is 97.8 cm³/mol. The van der Waals surface area contributed by atoms with Crippen LogP contribution in [0.5, 0.6) is 17.2 Å². The number of rotatable bonds is 4. The van der Waals surface area contributed by atoms with Crippen molar-refractivity contribution in [2.45, 2.75) is 0 Å². The molecule has 6 nitrogen and oxygen atoms in total. The topological polar surface area (TPSA) is 80.6 Å². The smallest absolute Gasteiger partial charge is 0.266 e. The predicted octanol–water partition coefficient (Wildman–Crippen LogP) is 4.28. The molecule has 1 heterocycles. The van der Waals surface area contributed by atoms with Gasteiger partial charge in [0.15, 0.2) is 11.5 Å². The summed E-state index contributed by atoms with van der Waals surface area (Å²) in [5.74, 6) is 0.807. The first-order valence-electron chi connectivity index (χ1n) is 7.37. The molecule has 1 aliphatic rings. The Morgan fingerprint density at radius 3 is 2.77 bits per heavy atom. The summed E-state index contributed by atoms with van der Waals surface area (Å²) in [5, 5.41) is 12.6. The lowest BCUT2D eigenvalue weighted by Gasteiger charge is -2.08. The van der Waals surface area contributed by atoms with E-state index in [2.05, 4.69) is 5.32 Å². The number of nitrogens with zero attached hydrogens (tertiary/aromatic N) is 1. The monoisotopic (exact) mass is 390 g/mol. The van der Waals surface area contributed by atoms with Crippen molar-refractivity contribution in [1.29, 1.82) is 5.26 Å². The van der Waals surface area contributed by atoms with Gasteiger partial charge in [0.05, 0.1) is 17.2 Å². The summed E-state index contributed by atoms with van der Waals surface area (Å²) in [6, 6.07) is 9.87. The number of methoxy groups -OCH3 is 1. The summed E-state index contributed by atoms with van der Waals surface area (Å²) < 4.78 is 15.6. The first kappa shape index (κ1) is 17.9. The van der Waals surface area contributed by atoms with Crippen LogP contribution in [-0.4, -0.2) is 19.8 Å². The van der Waals surface area contributed by atoms with E-state index in [9.17, 15) is 10.1 Å². The molecular weight excluding hydrogens is 379 g/mol. The second kappa shape index (κ2) is 7.56. The summed E-state index contributed by atoms with van der Waals surface area (Å²) in [6.07, 6.45) is 1.41. The van der Waals surface area contributed by atoms with Crippen molar-refractivity contribution in [1.82, 2.24) is 0 Å². The van der Waals surface area contributed by atoms with Gasteiger partial charge in [0.2, 0.25) is 6.79 Å². The zero-order chi connectivity index (χ0) is 18.7. The average Bonchev–Trinajstić information content (AvgIpc) is 3.09. The molecule has 0 bridgehead atoms. The maximum absolute atomic E-state index is 12.4. The molecular formula is C18H12Cl2N2O4. The third kappa shape index (κ3) is 3.69. The van der Waals surface area contributed by atoms with Gasteiger partial charge in [-0.15, -0.1) is 0 Å². The van der Waals surface area contributed by atoms with Crippen molar-refractivity contribution in [3.05, 3.63) is 51.5 Å². The molecule has 0 unspecified atom stereocenters. The van der Waals surface area contributed by atoms with E-state index in [0.29, 0.717) is 38.5 Å². The van der Waals surface area contributed by atoms with Crippen LogP contribution in [0.1, 0.15) is 5.56 Å². The molecule has 3 rings (SSSR count). The minimum Gasteiger partial charge on any atom is -0.495 e. The molecule has 8 heteroatoms. The maximum atomic E-state index is 12.4. The number of anilines is 1. The summed E-state index contributed by atoms with van der Waals surface area (Å²) in [4.78, 5) is 12.4. The number of carbonyl (C=O) groups excluding carboxylic acids is 1. The molecule has 2 aromatic carbocycles. The lowest BCUT2D eigenvalue weighted by molar-refractivity contribution is -0.112. The fourth-order valence-corrected chi connectivity index (χ4v) is 2.86. The minimum absolute atomic E-state index is 0.0754. The van der Waals surface area contributed by atoms with Gasteiger partial charge in [-0.1, -0.05) is 23.2 Å². The Labute approximate surface area is 159 Å². The van der Waals surface area contributed by atoms with Crippen molar-refractivity contribution < 1.29 is 19.0 Å². The van der Waals surface area contributed by atoms with Gasteiger partial charge in [-0.25, -0.2) is 0 Å². The Morgan fingerprint density at radius 1 is 1.27 bits per heavy atom. The number of benzene rings is 2. The Balaban J connectivity index is 1.83. The molecule has 1 aliphatic heterocycles. The Kier molecular flexibility index (Phi) is 5.21. The quantitative estimate of drug-likeness (QED) is 0.622. The van der Waals surface area contributed by atoms with Crippen LogP contribution >= 0.6 is 23.2 Å². The Bertz CT molecular complexity index is 951. The standard InChI is InChI=1S/C18H12Cl2N2O4/c1-24-15-3-2-12(7-13(15)19)22-18(23)11(8-21)4-10-5-14(20)17-16(6-10)25-9-26-17/h2-7H,9H2,1H3,(H,22,23)/b11-4+. The van der Waals surface area contributed by atoms with Crippen LogP contribution in [0.25, 0.3) is 6.08 Å². The van der Waals surface area contributed by atoms with Crippen molar-refractivity contribution >= 4 is 40.9 Å². The van der Waals surface area contributed by atoms with Crippen LogP contribution in [0, 0.1) is 11.3 Å². The van der Waals surface area contributed by atoms with E-state index in [1.165, 1.54) is 19.3 Å². The number of nitrogens with one attached hydrogen (secondary N) is 1. The average molecular weight is 391 g/mol. The van der Waals surface area contributed by atoms with Gasteiger partial charge in [0.25, 0.3) is 5.91 Å². The van der Waals surface area contributed by atoms with E-state index in [-0.39, 0.29) is 12.4 Å². The van der Waals surface area contributed by atoms with Crippen LogP contribution in [0.15, 0.2) is 35.9 Å². The van der Waals surface area contributed by atoms with Gasteiger partial charge in [-0.3, -0.25) is 4.79 Å². The van der Waals surface area contributed by atoms with Gasteiger partial charge in [0.1, 0.15) is 17.4 Å². The second-order valence-corrected chi connectivity index (χ2v) is 6.02. The van der Waals surface area contributed by atoms with E-state index in [1.54, 1.807) is 24.3 Å². The summed E-state index contributed by atoms with van der Waals surface area (Å²) in [6.45, 7) is 0.0754. The Hall–Kier alpha value is -2.88. The van der Waals surface area contributed by atoms with E-state index < -0.39 is 5.91 Å². The van der Waals surface area contributed by atoms with Crippen LogP contribution in [0.3, 0.4) is 0 Å². The van der Waals surface area contributed by atoms with Gasteiger partial charge in [-0.2, -0.15) is 5.26 Å². The number of fused-ring (bicyclic) bond motifs is 1. The van der Waals surface area contributed by atoms with Gasteiger partial charge >= 0.3 is 0 Å². The number of amides is 1. The van der Waals surface area contributed by atoms with Crippen molar-refractivity contribution in [2.75, 3.05) is 19.2 Å². The third-order valence-corrected chi connectivity index (χ3v) is 4.11. The highest BCUT2D eigenvalue weighted by atomic mass is 35.5. The third-order valence-electron chi connectivity index (χ3n) is 3.54. The lowest BCUT2D eigenvalue weighted by Crippen LogP contribution is -2.13. The molecule has 0 saturated heterocycles. The normalized spacial score (nSPS) is 12.5. The molecule has 0 aromatic heterocycles. The number of nitriles is 1. The van der Waals surface area contributed by atoms with E-state index in [0.717, 1.165) is 0 Å². The number of halogens is 2. The molecule has 0 spiro atoms. The highest BCUT2D eigenvalue weighted by Gasteiger charge is 2.19. The molecule has 0 atom stereocenters. The zero-order valence-electron chi connectivity index (χ0n) is 13.5. The summed E-state index contributed by atoms with van der Waals surface area (Å²) in [7, 11) is 1.49. The van der Waals surface area contributed by atoms with Crippen LogP contribution in [0.4, 0.5) is 5.69 Å². The van der Waals surface area contributed by atoms with E-state index >= 15 is 0 Å². The SMILES string of the molecule is COc1ccc(NC(=O)/C(C#N)=C/c2cc(Cl)c3c(c2)OCO3)cc1Cl. The molecule has 1 amide bonds. The molecule has 0 saturated carbocycles. The first-order chi connectivity index (χ1) is 12.5. The van der Waals surface area contributed by atoms with Crippen molar-refractivity contribution in [2.24, 2.45) is 0 Å². The lowest BCUT2D eigenvalue weighted by atomic mass is 10.1. The maximum Gasteiger partial charge on any atom is 0.266 e. The van der Waals surface area contributed by atoms with E-state index in [4.69, 9.17) is 37.4 Å². The molecule has 0 fully saturated rings. The fraction of sp³-hybridized carbons (Fsp3) is 0.111. The van der Waals surface area contributed by atoms with Crippen LogP contribution in [-0.2, 0) is 4.79 Å². The van der Waals surface area contributed by atoms with Crippen molar-refractivity contribution in [3.63, 3.8) is 0 Å².